The van der Waals surface area contributed by atoms with Crippen molar-refractivity contribution in [3.63, 3.8) is 0 Å². The van der Waals surface area contributed by atoms with Gasteiger partial charge in [-0.25, -0.2) is 15.0 Å². The van der Waals surface area contributed by atoms with E-state index in [0.29, 0.717) is 16.7 Å². The first-order chi connectivity index (χ1) is 13.7. The van der Waals surface area contributed by atoms with Crippen molar-refractivity contribution in [2.45, 2.75) is 16.7 Å². The highest BCUT2D eigenvalue weighted by Crippen LogP contribution is 2.36. The van der Waals surface area contributed by atoms with Gasteiger partial charge in [0.05, 0.1) is 5.69 Å². The predicted molar refractivity (Wildman–Crippen MR) is 129 cm³/mol. The summed E-state index contributed by atoms with van der Waals surface area (Å²) in [4.78, 5) is 14.9. The molecule has 0 spiro atoms. The number of anilines is 2. The monoisotopic (exact) mass is 498 g/mol. The summed E-state index contributed by atoms with van der Waals surface area (Å²) in [6.45, 7) is 1.95. The second-order valence-electron chi connectivity index (χ2n) is 5.77. The minimum absolute atomic E-state index is 0. The molecule has 3 heterocycles. The van der Waals surface area contributed by atoms with Crippen LogP contribution in [-0.4, -0.2) is 15.0 Å². The van der Waals surface area contributed by atoms with Crippen LogP contribution in [0, 0.1) is 6.92 Å². The molecule has 3 aromatic heterocycles. The average Bonchev–Trinajstić information content (AvgIpc) is 3.09. The number of nitrogens with one attached hydrogen (secondary N) is 1. The van der Waals surface area contributed by atoms with E-state index in [1.54, 1.807) is 12.4 Å². The lowest BCUT2D eigenvalue weighted by atomic mass is 10.3. The maximum absolute atomic E-state index is 6.09. The van der Waals surface area contributed by atoms with Crippen molar-refractivity contribution in [1.82, 2.24) is 15.0 Å². The van der Waals surface area contributed by atoms with Crippen molar-refractivity contribution in [2.24, 2.45) is 0 Å². The maximum Gasteiger partial charge on any atom is 0.188 e. The second kappa shape index (κ2) is 11.4. The lowest BCUT2D eigenvalue weighted by Gasteiger charge is -2.12. The number of aromatic nitrogens is 3. The molecule has 4 aromatic rings. The first kappa shape index (κ1) is 24.2. The first-order valence-corrected chi connectivity index (χ1v) is 10.4. The van der Waals surface area contributed by atoms with Crippen LogP contribution in [-0.2, 0) is 0 Å². The molecule has 4 rings (SSSR count). The molecule has 0 amide bonds. The quantitative estimate of drug-likeness (QED) is 0.278. The Morgan fingerprint density at radius 2 is 1.83 bits per heavy atom. The molecule has 0 radical (unpaired) electrons. The van der Waals surface area contributed by atoms with E-state index in [0.717, 1.165) is 26.4 Å². The van der Waals surface area contributed by atoms with Crippen LogP contribution in [0.15, 0.2) is 76.1 Å². The van der Waals surface area contributed by atoms with Crippen molar-refractivity contribution in [3.05, 3.63) is 77.2 Å². The Balaban J connectivity index is 0.00000160. The molecular formula is C20H17Cl3N4OS2. The molecule has 156 valence electrons. The van der Waals surface area contributed by atoms with Crippen LogP contribution in [0.5, 0.6) is 11.5 Å². The van der Waals surface area contributed by atoms with E-state index in [9.17, 15) is 0 Å². The molecule has 0 fully saturated rings. The second-order valence-corrected chi connectivity index (χ2v) is 8.16. The maximum atomic E-state index is 6.09. The summed E-state index contributed by atoms with van der Waals surface area (Å²) in [5.41, 5.74) is 0.958. The molecule has 1 N–H and O–H groups in total. The van der Waals surface area contributed by atoms with E-state index >= 15 is 0 Å². The number of thiazole rings is 1. The average molecular weight is 500 g/mol. The number of hydrogen-bond donors (Lipinski definition) is 1. The summed E-state index contributed by atoms with van der Waals surface area (Å²) in [6.07, 6.45) is 3.47. The molecule has 0 unspecified atom stereocenters. The molecule has 10 heteroatoms. The third kappa shape index (κ3) is 6.48. The van der Waals surface area contributed by atoms with Crippen molar-refractivity contribution in [1.29, 1.82) is 0 Å². The fourth-order valence-corrected chi connectivity index (χ4v) is 4.14. The van der Waals surface area contributed by atoms with E-state index < -0.39 is 0 Å². The van der Waals surface area contributed by atoms with Crippen LogP contribution >= 0.6 is 59.5 Å². The molecule has 1 aromatic carbocycles. The Labute approximate surface area is 200 Å². The Hall–Kier alpha value is -2.03. The number of benzene rings is 1. The summed E-state index contributed by atoms with van der Waals surface area (Å²) in [7, 11) is 0. The zero-order chi connectivity index (χ0) is 19.3. The lowest BCUT2D eigenvalue weighted by Crippen LogP contribution is -1.97. The number of hydrogen-bond acceptors (Lipinski definition) is 7. The minimum Gasteiger partial charge on any atom is -0.453 e. The Morgan fingerprint density at radius 1 is 1.03 bits per heavy atom. The van der Waals surface area contributed by atoms with Gasteiger partial charge in [-0.15, -0.1) is 36.2 Å². The van der Waals surface area contributed by atoms with Crippen LogP contribution < -0.4 is 10.1 Å². The molecule has 0 aliphatic rings. The molecule has 0 aliphatic heterocycles. The van der Waals surface area contributed by atoms with Gasteiger partial charge in [-0.2, -0.15) is 0 Å². The molecule has 5 nitrogen and oxygen atoms in total. The smallest absolute Gasteiger partial charge is 0.188 e. The van der Waals surface area contributed by atoms with Crippen molar-refractivity contribution < 1.29 is 4.74 Å². The van der Waals surface area contributed by atoms with E-state index in [-0.39, 0.29) is 24.8 Å². The van der Waals surface area contributed by atoms with Crippen LogP contribution in [0.1, 0.15) is 5.69 Å². The number of aryl methyl sites for hydroxylation is 1. The van der Waals surface area contributed by atoms with E-state index in [2.05, 4.69) is 20.3 Å². The van der Waals surface area contributed by atoms with Gasteiger partial charge in [0.1, 0.15) is 10.9 Å². The summed E-state index contributed by atoms with van der Waals surface area (Å²) >= 11 is 9.05. The summed E-state index contributed by atoms with van der Waals surface area (Å²) in [5, 5.41) is 6.45. The summed E-state index contributed by atoms with van der Waals surface area (Å²) in [6, 6.07) is 15.3. The van der Waals surface area contributed by atoms with Crippen LogP contribution in [0.3, 0.4) is 0 Å². The predicted octanol–water partition coefficient (Wildman–Crippen LogP) is 7.43. The van der Waals surface area contributed by atoms with E-state index in [4.69, 9.17) is 16.3 Å². The van der Waals surface area contributed by atoms with E-state index in [1.165, 1.54) is 23.1 Å². The number of pyridine rings is 2. The SMILES string of the molecule is Cc1csc(Nc2ncc(Sc3ccnc(Cl)c3)cc2Oc2ccccc2)n1.Cl.Cl. The highest BCUT2D eigenvalue weighted by molar-refractivity contribution is 7.99. The number of ether oxygens (including phenoxy) is 1. The molecule has 0 aliphatic carbocycles. The van der Waals surface area contributed by atoms with Gasteiger partial charge in [-0.3, -0.25) is 0 Å². The van der Waals surface area contributed by atoms with Gasteiger partial charge in [-0.1, -0.05) is 41.6 Å². The normalized spacial score (nSPS) is 9.93. The minimum atomic E-state index is 0. The molecule has 0 saturated heterocycles. The van der Waals surface area contributed by atoms with Gasteiger partial charge >= 0.3 is 0 Å². The number of rotatable bonds is 6. The Morgan fingerprint density at radius 3 is 2.53 bits per heavy atom. The van der Waals surface area contributed by atoms with Gasteiger partial charge in [-0.05, 0) is 31.2 Å². The van der Waals surface area contributed by atoms with Crippen molar-refractivity contribution in [2.75, 3.05) is 5.32 Å². The first-order valence-electron chi connectivity index (χ1n) is 8.37. The zero-order valence-electron chi connectivity index (χ0n) is 15.6. The highest BCUT2D eigenvalue weighted by Gasteiger charge is 2.12. The molecule has 0 saturated carbocycles. The molecular weight excluding hydrogens is 483 g/mol. The van der Waals surface area contributed by atoms with Crippen molar-refractivity contribution >= 4 is 70.5 Å². The number of para-hydroxylation sites is 1. The largest absolute Gasteiger partial charge is 0.453 e. The summed E-state index contributed by atoms with van der Waals surface area (Å²) in [5.74, 6) is 1.95. The van der Waals surface area contributed by atoms with Gasteiger partial charge in [0.25, 0.3) is 0 Å². The number of halogens is 3. The van der Waals surface area contributed by atoms with Crippen LogP contribution in [0.25, 0.3) is 0 Å². The Bertz CT molecular complexity index is 1100. The van der Waals surface area contributed by atoms with Gasteiger partial charge in [0.15, 0.2) is 16.7 Å². The molecule has 0 atom stereocenters. The van der Waals surface area contributed by atoms with Gasteiger partial charge in [0, 0.05) is 33.6 Å². The van der Waals surface area contributed by atoms with Gasteiger partial charge in [0.2, 0.25) is 0 Å². The van der Waals surface area contributed by atoms with Gasteiger partial charge < -0.3 is 10.1 Å². The van der Waals surface area contributed by atoms with Crippen LogP contribution in [0.4, 0.5) is 10.9 Å². The van der Waals surface area contributed by atoms with Crippen molar-refractivity contribution in [3.8, 4) is 11.5 Å². The Kier molecular flexibility index (Phi) is 9.20. The van der Waals surface area contributed by atoms with E-state index in [1.807, 2.05) is 60.8 Å². The van der Waals surface area contributed by atoms with Crippen LogP contribution in [0.2, 0.25) is 5.15 Å². The zero-order valence-corrected chi connectivity index (χ0v) is 19.6. The summed E-state index contributed by atoms with van der Waals surface area (Å²) < 4.78 is 6.09. The fourth-order valence-electron chi connectivity index (χ4n) is 2.37. The third-order valence-electron chi connectivity index (χ3n) is 3.58. The number of nitrogens with zero attached hydrogens (tertiary/aromatic N) is 3. The topological polar surface area (TPSA) is 59.9 Å². The lowest BCUT2D eigenvalue weighted by molar-refractivity contribution is 0.481. The standard InChI is InChI=1S/C20H15ClN4OS2.2ClH/c1-13-12-27-20(24-13)25-19-17(26-14-5-3-2-4-6-14)9-16(11-23-19)28-15-7-8-22-18(21)10-15;;/h2-12H,1H3,(H,23,24,25);2*1H. The highest BCUT2D eigenvalue weighted by atomic mass is 35.5. The molecule has 30 heavy (non-hydrogen) atoms. The fraction of sp³-hybridized carbons (Fsp3) is 0.0500. The third-order valence-corrected chi connectivity index (χ3v) is 5.61. The molecule has 0 bridgehead atoms.